The molecule has 1 rings (SSSR count). The largest absolute Gasteiger partial charge is 0.394 e. The van der Waals surface area contributed by atoms with E-state index < -0.39 is 31.3 Å². The van der Waals surface area contributed by atoms with E-state index in [2.05, 4.69) is 22.5 Å². The number of amides is 2. The van der Waals surface area contributed by atoms with Crippen molar-refractivity contribution in [3.8, 4) is 0 Å². The summed E-state index contributed by atoms with van der Waals surface area (Å²) in [4.78, 5) is 24.9. The van der Waals surface area contributed by atoms with Crippen LogP contribution in [0.3, 0.4) is 0 Å². The van der Waals surface area contributed by atoms with Crippen LogP contribution in [0.25, 0.3) is 5.70 Å². The van der Waals surface area contributed by atoms with E-state index in [0.29, 0.717) is 35.2 Å². The first kappa shape index (κ1) is 27.0. The normalized spacial score (nSPS) is 12.8. The van der Waals surface area contributed by atoms with Gasteiger partial charge in [0.05, 0.1) is 40.2 Å². The predicted octanol–water partition coefficient (Wildman–Crippen LogP) is 0.549. The van der Waals surface area contributed by atoms with Gasteiger partial charge in [0.2, 0.25) is 5.91 Å². The molecule has 168 valence electrons. The molecule has 2 atom stereocenters. The third-order valence-electron chi connectivity index (χ3n) is 4.21. The third kappa shape index (κ3) is 7.02. The van der Waals surface area contributed by atoms with Gasteiger partial charge in [-0.2, -0.15) is 0 Å². The van der Waals surface area contributed by atoms with E-state index >= 15 is 0 Å². The molecule has 30 heavy (non-hydrogen) atoms. The number of nitrogens with one attached hydrogen (secondary N) is 3. The van der Waals surface area contributed by atoms with Crippen molar-refractivity contribution in [1.82, 2.24) is 10.6 Å². The van der Waals surface area contributed by atoms with Crippen LogP contribution in [0.4, 0.5) is 5.69 Å². The van der Waals surface area contributed by atoms with E-state index in [-0.39, 0.29) is 25.4 Å². The fourth-order valence-electron chi connectivity index (χ4n) is 2.49. The molecular weight excluding hydrogens is 620 g/mol. The van der Waals surface area contributed by atoms with Gasteiger partial charge >= 0.3 is 0 Å². The fourth-order valence-corrected chi connectivity index (χ4v) is 5.31. The molecule has 0 radical (unpaired) electrons. The van der Waals surface area contributed by atoms with E-state index in [4.69, 9.17) is 10.2 Å². The highest BCUT2D eigenvalue weighted by Crippen LogP contribution is 2.36. The average Bonchev–Trinajstić information content (AvgIpc) is 2.72. The zero-order valence-electron chi connectivity index (χ0n) is 16.8. The summed E-state index contributed by atoms with van der Waals surface area (Å²) >= 11 is 4.00. The Balaban J connectivity index is 3.48. The minimum atomic E-state index is -1.09. The number of rotatable bonds is 11. The molecule has 0 aliphatic carbocycles. The van der Waals surface area contributed by atoms with Crippen LogP contribution in [-0.2, 0) is 4.79 Å². The van der Waals surface area contributed by atoms with Crippen LogP contribution in [0.5, 0.6) is 0 Å². The summed E-state index contributed by atoms with van der Waals surface area (Å²) in [5, 5.41) is 45.5. The van der Waals surface area contributed by atoms with Crippen molar-refractivity contribution < 1.29 is 30.0 Å². The van der Waals surface area contributed by atoms with E-state index in [1.807, 2.05) is 45.2 Å². The maximum absolute atomic E-state index is 12.9. The van der Waals surface area contributed by atoms with Crippen LogP contribution in [0, 0.1) is 14.1 Å². The minimum Gasteiger partial charge on any atom is -0.394 e. The van der Waals surface area contributed by atoms with Crippen molar-refractivity contribution in [2.45, 2.75) is 32.5 Å². The number of carbonyl (C=O) groups excluding carboxylic acids is 2. The van der Waals surface area contributed by atoms with Crippen molar-refractivity contribution >= 4 is 68.4 Å². The van der Waals surface area contributed by atoms with Gasteiger partial charge in [-0.15, -0.1) is 0 Å². The van der Waals surface area contributed by atoms with Crippen LogP contribution >= 0.6 is 45.2 Å². The lowest BCUT2D eigenvalue weighted by Crippen LogP contribution is -2.35. The molecule has 9 nitrogen and oxygen atoms in total. The highest BCUT2D eigenvalue weighted by molar-refractivity contribution is 14.1. The van der Waals surface area contributed by atoms with Crippen LogP contribution in [0.1, 0.15) is 34.8 Å². The van der Waals surface area contributed by atoms with Gasteiger partial charge in [-0.05, 0) is 57.7 Å². The van der Waals surface area contributed by atoms with Gasteiger partial charge in [0, 0.05) is 34.3 Å². The van der Waals surface area contributed by atoms with E-state index in [1.165, 1.54) is 0 Å². The SMILES string of the molecule is C=C(NCC(O)CO)c1c(C)c(NC(=O)CC)c(I)c(C(=O)NCC(O)CO)c1I. The maximum atomic E-state index is 12.9. The van der Waals surface area contributed by atoms with Crippen molar-refractivity contribution in [2.75, 3.05) is 31.6 Å². The van der Waals surface area contributed by atoms with Gasteiger partial charge in [-0.3, -0.25) is 9.59 Å². The Labute approximate surface area is 202 Å². The van der Waals surface area contributed by atoms with Crippen molar-refractivity contribution in [1.29, 1.82) is 0 Å². The summed E-state index contributed by atoms with van der Waals surface area (Å²) in [5.74, 6) is -0.702. The summed E-state index contributed by atoms with van der Waals surface area (Å²) in [7, 11) is 0. The lowest BCUT2D eigenvalue weighted by molar-refractivity contribution is -0.115. The Morgan fingerprint density at radius 1 is 1.00 bits per heavy atom. The molecular formula is C19H27I2N3O6. The quantitative estimate of drug-likeness (QED) is 0.174. The maximum Gasteiger partial charge on any atom is 0.253 e. The third-order valence-corrected chi connectivity index (χ3v) is 6.37. The number of anilines is 1. The van der Waals surface area contributed by atoms with Crippen molar-refractivity contribution in [3.63, 3.8) is 0 Å². The molecule has 2 amide bonds. The van der Waals surface area contributed by atoms with Gasteiger partial charge < -0.3 is 36.4 Å². The Morgan fingerprint density at radius 3 is 2.03 bits per heavy atom. The summed E-state index contributed by atoms with van der Waals surface area (Å²) in [6.07, 6.45) is -1.82. The average molecular weight is 647 g/mol. The predicted molar refractivity (Wildman–Crippen MR) is 131 cm³/mol. The number of aliphatic hydroxyl groups is 4. The molecule has 11 heteroatoms. The molecule has 0 heterocycles. The van der Waals surface area contributed by atoms with Crippen molar-refractivity contribution in [3.05, 3.63) is 30.4 Å². The van der Waals surface area contributed by atoms with E-state index in [9.17, 15) is 19.8 Å². The second-order valence-corrected chi connectivity index (χ2v) is 8.68. The molecule has 1 aromatic carbocycles. The zero-order chi connectivity index (χ0) is 23.0. The number of aliphatic hydroxyl groups excluding tert-OH is 4. The van der Waals surface area contributed by atoms with Gasteiger partial charge in [0.1, 0.15) is 0 Å². The molecule has 0 aromatic heterocycles. The summed E-state index contributed by atoms with van der Waals surface area (Å²) in [5.41, 5.74) is 2.45. The van der Waals surface area contributed by atoms with Gasteiger partial charge in [-0.1, -0.05) is 13.5 Å². The summed E-state index contributed by atoms with van der Waals surface area (Å²) < 4.78 is 1.09. The molecule has 2 unspecified atom stereocenters. The topological polar surface area (TPSA) is 151 Å². The Morgan fingerprint density at radius 2 is 1.53 bits per heavy atom. The number of hydrogen-bond donors (Lipinski definition) is 7. The lowest BCUT2D eigenvalue weighted by Gasteiger charge is -2.23. The van der Waals surface area contributed by atoms with Crippen LogP contribution in [-0.4, -0.2) is 70.8 Å². The first-order chi connectivity index (χ1) is 14.1. The van der Waals surface area contributed by atoms with Crippen molar-refractivity contribution in [2.24, 2.45) is 0 Å². The van der Waals surface area contributed by atoms with Gasteiger partial charge in [0.25, 0.3) is 5.91 Å². The highest BCUT2D eigenvalue weighted by atomic mass is 127. The Bertz CT molecular complexity index is 750. The molecule has 0 aliphatic heterocycles. The Hall–Kier alpha value is -1.00. The second kappa shape index (κ2) is 12.8. The summed E-state index contributed by atoms with van der Waals surface area (Å²) in [6, 6.07) is 0. The zero-order valence-corrected chi connectivity index (χ0v) is 21.1. The molecule has 1 aromatic rings. The summed E-state index contributed by atoms with van der Waals surface area (Å²) in [6.45, 7) is 6.50. The monoisotopic (exact) mass is 647 g/mol. The number of benzene rings is 1. The van der Waals surface area contributed by atoms with Crippen LogP contribution in [0.15, 0.2) is 6.58 Å². The molecule has 0 fully saturated rings. The molecule has 0 spiro atoms. The number of carbonyl (C=O) groups is 2. The first-order valence-corrected chi connectivity index (χ1v) is 11.3. The minimum absolute atomic E-state index is 0.0533. The lowest BCUT2D eigenvalue weighted by atomic mass is 9.99. The molecule has 0 saturated carbocycles. The Kier molecular flexibility index (Phi) is 11.5. The molecule has 7 N–H and O–H groups in total. The number of halogens is 2. The smallest absolute Gasteiger partial charge is 0.253 e. The van der Waals surface area contributed by atoms with Crippen LogP contribution in [0.2, 0.25) is 0 Å². The first-order valence-electron chi connectivity index (χ1n) is 9.19. The highest BCUT2D eigenvalue weighted by Gasteiger charge is 2.26. The standard InChI is InChI=1S/C19H27I2N3O6/c1-4-13(29)24-18-9(2)14(10(3)22-5-11(27)7-25)16(20)15(17(18)21)19(30)23-6-12(28)8-26/h11-12,22,25-28H,3-8H2,1-2H3,(H,23,30)(H,24,29). The van der Waals surface area contributed by atoms with E-state index in [1.54, 1.807) is 13.8 Å². The molecule has 0 aliphatic rings. The van der Waals surface area contributed by atoms with E-state index in [0.717, 1.165) is 0 Å². The fraction of sp³-hybridized carbons (Fsp3) is 0.474. The number of hydrogen-bond acceptors (Lipinski definition) is 7. The molecule has 0 saturated heterocycles. The van der Waals surface area contributed by atoms with Gasteiger partial charge in [-0.25, -0.2) is 0 Å². The van der Waals surface area contributed by atoms with Crippen LogP contribution < -0.4 is 16.0 Å². The molecule has 0 bridgehead atoms. The second-order valence-electron chi connectivity index (χ2n) is 6.52. The van der Waals surface area contributed by atoms with Gasteiger partial charge in [0.15, 0.2) is 0 Å².